The van der Waals surface area contributed by atoms with Gasteiger partial charge in [-0.15, -0.1) is 11.3 Å². The molecule has 1 aliphatic heterocycles. The molecule has 6 nitrogen and oxygen atoms in total. The zero-order chi connectivity index (χ0) is 16.4. The lowest BCUT2D eigenvalue weighted by Gasteiger charge is -2.23. The summed E-state index contributed by atoms with van der Waals surface area (Å²) in [7, 11) is 0. The van der Waals surface area contributed by atoms with Gasteiger partial charge in [-0.3, -0.25) is 4.79 Å². The average Bonchev–Trinajstić information content (AvgIpc) is 2.79. The third-order valence-corrected chi connectivity index (χ3v) is 4.92. The first-order valence-corrected chi connectivity index (χ1v) is 8.69. The predicted molar refractivity (Wildman–Crippen MR) is 91.1 cm³/mol. The fraction of sp³-hybridized carbons (Fsp3) is 0.500. The number of aromatic nitrogens is 3. The molecule has 1 aliphatic rings. The molecule has 1 amide bonds. The molecule has 1 fully saturated rings. The van der Waals surface area contributed by atoms with Crippen LogP contribution in [-0.2, 0) is 0 Å². The van der Waals surface area contributed by atoms with Gasteiger partial charge in [0, 0.05) is 37.9 Å². The molecule has 0 aromatic carbocycles. The lowest BCUT2D eigenvalue weighted by atomic mass is 10.3. The van der Waals surface area contributed by atoms with Crippen molar-refractivity contribution in [1.82, 2.24) is 19.9 Å². The molecular formula is C16H21N5OS. The normalized spacial score (nSPS) is 15.6. The third-order valence-electron chi connectivity index (χ3n) is 4.00. The van der Waals surface area contributed by atoms with Gasteiger partial charge < -0.3 is 9.80 Å². The Morgan fingerprint density at radius 2 is 1.96 bits per heavy atom. The Morgan fingerprint density at radius 1 is 1.13 bits per heavy atom. The van der Waals surface area contributed by atoms with Crippen molar-refractivity contribution in [3.8, 4) is 0 Å². The molecular weight excluding hydrogens is 310 g/mol. The van der Waals surface area contributed by atoms with Crippen LogP contribution < -0.4 is 4.90 Å². The molecule has 0 bridgehead atoms. The maximum absolute atomic E-state index is 12.6. The smallest absolute Gasteiger partial charge is 0.265 e. The van der Waals surface area contributed by atoms with Gasteiger partial charge in [0.05, 0.1) is 11.2 Å². The van der Waals surface area contributed by atoms with E-state index in [1.54, 1.807) is 5.51 Å². The predicted octanol–water partition coefficient (Wildman–Crippen LogP) is 2.21. The second kappa shape index (κ2) is 6.62. The number of hydrogen-bond acceptors (Lipinski definition) is 6. The van der Waals surface area contributed by atoms with E-state index in [9.17, 15) is 4.79 Å². The molecule has 122 valence electrons. The Morgan fingerprint density at radius 3 is 2.65 bits per heavy atom. The van der Waals surface area contributed by atoms with Crippen molar-refractivity contribution in [2.24, 2.45) is 0 Å². The summed E-state index contributed by atoms with van der Waals surface area (Å²) in [5.41, 5.74) is 3.53. The SMILES string of the molecule is Cc1cc(N2CCCN(C(=O)c3scnc3C)CC2)nc(C)n1. The molecule has 23 heavy (non-hydrogen) atoms. The van der Waals surface area contributed by atoms with Crippen LogP contribution in [0.2, 0.25) is 0 Å². The Hall–Kier alpha value is -2.02. The molecule has 3 rings (SSSR count). The first-order valence-electron chi connectivity index (χ1n) is 7.81. The van der Waals surface area contributed by atoms with Gasteiger partial charge in [-0.25, -0.2) is 15.0 Å². The quantitative estimate of drug-likeness (QED) is 0.844. The lowest BCUT2D eigenvalue weighted by Crippen LogP contribution is -2.35. The molecule has 0 atom stereocenters. The highest BCUT2D eigenvalue weighted by atomic mass is 32.1. The van der Waals surface area contributed by atoms with Gasteiger partial charge in [0.1, 0.15) is 16.5 Å². The highest BCUT2D eigenvalue weighted by Gasteiger charge is 2.23. The number of nitrogens with zero attached hydrogens (tertiary/aromatic N) is 5. The number of rotatable bonds is 2. The Labute approximate surface area is 140 Å². The van der Waals surface area contributed by atoms with Gasteiger partial charge in [0.25, 0.3) is 5.91 Å². The van der Waals surface area contributed by atoms with E-state index in [4.69, 9.17) is 0 Å². The number of carbonyl (C=O) groups is 1. The second-order valence-electron chi connectivity index (χ2n) is 5.81. The van der Waals surface area contributed by atoms with Crippen LogP contribution in [0.25, 0.3) is 0 Å². The van der Waals surface area contributed by atoms with Crippen molar-refractivity contribution < 1.29 is 4.79 Å². The minimum absolute atomic E-state index is 0.0990. The highest BCUT2D eigenvalue weighted by molar-refractivity contribution is 7.11. The maximum Gasteiger partial charge on any atom is 0.265 e. The van der Waals surface area contributed by atoms with E-state index in [0.717, 1.165) is 54.0 Å². The molecule has 3 heterocycles. The maximum atomic E-state index is 12.6. The number of carbonyl (C=O) groups excluding carboxylic acids is 1. The molecule has 2 aromatic rings. The van der Waals surface area contributed by atoms with Crippen molar-refractivity contribution >= 4 is 23.1 Å². The van der Waals surface area contributed by atoms with Crippen LogP contribution in [-0.4, -0.2) is 51.9 Å². The monoisotopic (exact) mass is 331 g/mol. The minimum atomic E-state index is 0.0990. The summed E-state index contributed by atoms with van der Waals surface area (Å²) in [5.74, 6) is 1.85. The molecule has 0 radical (unpaired) electrons. The fourth-order valence-electron chi connectivity index (χ4n) is 2.86. The van der Waals surface area contributed by atoms with Gasteiger partial charge in [0.15, 0.2) is 0 Å². The molecule has 1 saturated heterocycles. The summed E-state index contributed by atoms with van der Waals surface area (Å²) in [5, 5.41) is 0. The van der Waals surface area contributed by atoms with E-state index in [2.05, 4.69) is 19.9 Å². The van der Waals surface area contributed by atoms with E-state index in [0.29, 0.717) is 6.54 Å². The van der Waals surface area contributed by atoms with Crippen LogP contribution in [0.1, 0.15) is 33.3 Å². The van der Waals surface area contributed by atoms with E-state index < -0.39 is 0 Å². The third kappa shape index (κ3) is 3.50. The van der Waals surface area contributed by atoms with Gasteiger partial charge >= 0.3 is 0 Å². The fourth-order valence-corrected chi connectivity index (χ4v) is 3.63. The molecule has 0 N–H and O–H groups in total. The van der Waals surface area contributed by atoms with Crippen LogP contribution in [0.5, 0.6) is 0 Å². The number of thiazole rings is 1. The zero-order valence-corrected chi connectivity index (χ0v) is 14.6. The van der Waals surface area contributed by atoms with Crippen molar-refractivity contribution in [2.45, 2.75) is 27.2 Å². The minimum Gasteiger partial charge on any atom is -0.355 e. The molecule has 7 heteroatoms. The summed E-state index contributed by atoms with van der Waals surface area (Å²) in [4.78, 5) is 30.6. The Kier molecular flexibility index (Phi) is 4.56. The number of aryl methyl sites for hydroxylation is 3. The summed E-state index contributed by atoms with van der Waals surface area (Å²) in [6.07, 6.45) is 0.936. The second-order valence-corrected chi connectivity index (χ2v) is 6.67. The lowest BCUT2D eigenvalue weighted by molar-refractivity contribution is 0.0771. The molecule has 0 unspecified atom stereocenters. The number of hydrogen-bond donors (Lipinski definition) is 0. The van der Waals surface area contributed by atoms with Gasteiger partial charge in [-0.05, 0) is 27.2 Å². The van der Waals surface area contributed by atoms with Crippen LogP contribution in [0, 0.1) is 20.8 Å². The number of anilines is 1. The van der Waals surface area contributed by atoms with Crippen molar-refractivity contribution in [2.75, 3.05) is 31.1 Å². The Bertz CT molecular complexity index is 694. The van der Waals surface area contributed by atoms with Gasteiger partial charge in [-0.2, -0.15) is 0 Å². The highest BCUT2D eigenvalue weighted by Crippen LogP contribution is 2.19. The van der Waals surface area contributed by atoms with Gasteiger partial charge in [0.2, 0.25) is 0 Å². The van der Waals surface area contributed by atoms with Crippen LogP contribution in [0.3, 0.4) is 0 Å². The standard InChI is InChI=1S/C16H21N5OS/c1-11-9-14(19-13(3)18-11)20-5-4-6-21(8-7-20)16(22)15-12(2)17-10-23-15/h9-10H,4-8H2,1-3H3. The summed E-state index contributed by atoms with van der Waals surface area (Å²) < 4.78 is 0. The summed E-state index contributed by atoms with van der Waals surface area (Å²) >= 11 is 1.42. The van der Waals surface area contributed by atoms with Crippen molar-refractivity contribution in [3.05, 3.63) is 33.7 Å². The van der Waals surface area contributed by atoms with Gasteiger partial charge in [-0.1, -0.05) is 0 Å². The molecule has 0 aliphatic carbocycles. The topological polar surface area (TPSA) is 62.2 Å². The van der Waals surface area contributed by atoms with Crippen molar-refractivity contribution in [1.29, 1.82) is 0 Å². The van der Waals surface area contributed by atoms with E-state index in [1.165, 1.54) is 11.3 Å². The van der Waals surface area contributed by atoms with E-state index in [1.807, 2.05) is 31.7 Å². The summed E-state index contributed by atoms with van der Waals surface area (Å²) in [6.45, 7) is 8.96. The molecule has 0 spiro atoms. The van der Waals surface area contributed by atoms with Crippen LogP contribution in [0.4, 0.5) is 5.82 Å². The summed E-state index contributed by atoms with van der Waals surface area (Å²) in [6, 6.07) is 2.01. The zero-order valence-electron chi connectivity index (χ0n) is 13.7. The van der Waals surface area contributed by atoms with E-state index >= 15 is 0 Å². The van der Waals surface area contributed by atoms with Crippen molar-refractivity contribution in [3.63, 3.8) is 0 Å². The average molecular weight is 331 g/mol. The molecule has 2 aromatic heterocycles. The van der Waals surface area contributed by atoms with Crippen LogP contribution in [0.15, 0.2) is 11.6 Å². The van der Waals surface area contributed by atoms with E-state index in [-0.39, 0.29) is 5.91 Å². The molecule has 0 saturated carbocycles. The number of amides is 1. The first-order chi connectivity index (χ1) is 11.0. The first kappa shape index (κ1) is 15.9. The van der Waals surface area contributed by atoms with Crippen LogP contribution >= 0.6 is 11.3 Å². The largest absolute Gasteiger partial charge is 0.355 e. The Balaban J connectivity index is 1.72.